The van der Waals surface area contributed by atoms with E-state index < -0.39 is 0 Å². The highest BCUT2D eigenvalue weighted by atomic mass is 35.5. The van der Waals surface area contributed by atoms with Gasteiger partial charge < -0.3 is 0 Å². The van der Waals surface area contributed by atoms with Gasteiger partial charge in [-0.3, -0.25) is 0 Å². The molecule has 0 aromatic carbocycles. The van der Waals surface area contributed by atoms with Gasteiger partial charge in [0.05, 0.1) is 0 Å². The van der Waals surface area contributed by atoms with E-state index in [1.54, 1.807) is 11.5 Å². The molecule has 1 unspecified atom stereocenters. The van der Waals surface area contributed by atoms with Crippen LogP contribution in [-0.2, 0) is 6.42 Å². The van der Waals surface area contributed by atoms with E-state index in [4.69, 9.17) is 11.6 Å². The number of halogens is 1. The third kappa shape index (κ3) is 2.27. The molecule has 0 saturated carbocycles. The molecule has 10 heavy (non-hydrogen) atoms. The van der Waals surface area contributed by atoms with Crippen molar-refractivity contribution in [2.75, 3.05) is 5.88 Å². The molecule has 1 aromatic heterocycles. The van der Waals surface area contributed by atoms with Gasteiger partial charge in [-0.2, -0.15) is 0 Å². The predicted molar refractivity (Wildman–Crippen MR) is 45.7 cm³/mol. The van der Waals surface area contributed by atoms with Crippen LogP contribution in [0.15, 0.2) is 12.3 Å². The van der Waals surface area contributed by atoms with Gasteiger partial charge in [0, 0.05) is 17.0 Å². The predicted octanol–water partition coefficient (Wildman–Crippen LogP) is 2.56. The van der Waals surface area contributed by atoms with Gasteiger partial charge in [-0.25, -0.2) is 4.37 Å². The van der Waals surface area contributed by atoms with Crippen molar-refractivity contribution >= 4 is 23.1 Å². The maximum atomic E-state index is 5.65. The normalized spacial score (nSPS) is 13.4. The molecule has 0 N–H and O–H groups in total. The quantitative estimate of drug-likeness (QED) is 0.644. The summed E-state index contributed by atoms with van der Waals surface area (Å²) in [6.07, 6.45) is 2.90. The maximum absolute atomic E-state index is 5.65. The van der Waals surface area contributed by atoms with Crippen molar-refractivity contribution in [3.8, 4) is 0 Å². The van der Waals surface area contributed by atoms with Crippen LogP contribution in [0.4, 0.5) is 0 Å². The second-order valence-electron chi connectivity index (χ2n) is 2.44. The van der Waals surface area contributed by atoms with Crippen LogP contribution in [0.5, 0.6) is 0 Å². The lowest BCUT2D eigenvalue weighted by atomic mass is 10.1. The molecule has 1 rings (SSSR count). The van der Waals surface area contributed by atoms with Gasteiger partial charge >= 0.3 is 0 Å². The van der Waals surface area contributed by atoms with E-state index in [1.807, 2.05) is 12.3 Å². The lowest BCUT2D eigenvalue weighted by Gasteiger charge is -2.02. The summed E-state index contributed by atoms with van der Waals surface area (Å²) in [5.74, 6) is 1.31. The zero-order valence-electron chi connectivity index (χ0n) is 5.88. The van der Waals surface area contributed by atoms with E-state index in [0.29, 0.717) is 5.92 Å². The fraction of sp³-hybridized carbons (Fsp3) is 0.571. The van der Waals surface area contributed by atoms with Crippen molar-refractivity contribution < 1.29 is 0 Å². The molecule has 1 atom stereocenters. The van der Waals surface area contributed by atoms with E-state index in [0.717, 1.165) is 12.3 Å². The Morgan fingerprint density at radius 3 is 3.10 bits per heavy atom. The fourth-order valence-electron chi connectivity index (χ4n) is 0.745. The number of nitrogens with zero attached hydrogens (tertiary/aromatic N) is 1. The standard InChI is InChI=1S/C7H10ClNS/c1-6(5-8)4-7-2-3-9-10-7/h2-3,6H,4-5H2,1H3. The molecule has 0 fully saturated rings. The van der Waals surface area contributed by atoms with Gasteiger partial charge in [-0.1, -0.05) is 6.92 Å². The Bertz CT molecular complexity index is 174. The minimum atomic E-state index is 0.571. The van der Waals surface area contributed by atoms with Gasteiger partial charge in [0.1, 0.15) is 0 Å². The lowest BCUT2D eigenvalue weighted by molar-refractivity contribution is 0.662. The van der Waals surface area contributed by atoms with Crippen LogP contribution < -0.4 is 0 Å². The first-order valence-corrected chi connectivity index (χ1v) is 4.59. The van der Waals surface area contributed by atoms with Crippen molar-refractivity contribution in [2.24, 2.45) is 5.92 Å². The Morgan fingerprint density at radius 1 is 1.80 bits per heavy atom. The average Bonchev–Trinajstić information content (AvgIpc) is 2.40. The Morgan fingerprint density at radius 2 is 2.60 bits per heavy atom. The number of hydrogen-bond donors (Lipinski definition) is 0. The van der Waals surface area contributed by atoms with E-state index in [2.05, 4.69) is 11.3 Å². The lowest BCUT2D eigenvalue weighted by Crippen LogP contribution is -1.98. The molecule has 1 heterocycles. The second-order valence-corrected chi connectivity index (χ2v) is 3.67. The Balaban J connectivity index is 2.40. The number of alkyl halides is 1. The summed E-state index contributed by atoms with van der Waals surface area (Å²) in [5.41, 5.74) is 0. The van der Waals surface area contributed by atoms with E-state index >= 15 is 0 Å². The van der Waals surface area contributed by atoms with Gasteiger partial charge in [0.15, 0.2) is 0 Å². The number of hydrogen-bond acceptors (Lipinski definition) is 2. The highest BCUT2D eigenvalue weighted by molar-refractivity contribution is 7.05. The Hall–Kier alpha value is -0.0800. The van der Waals surface area contributed by atoms with E-state index in [1.165, 1.54) is 4.88 Å². The molecule has 56 valence electrons. The van der Waals surface area contributed by atoms with Gasteiger partial charge in [-0.05, 0) is 29.9 Å². The fourth-order valence-corrected chi connectivity index (χ4v) is 1.59. The summed E-state index contributed by atoms with van der Waals surface area (Å²) < 4.78 is 4.01. The molecule has 0 saturated heterocycles. The van der Waals surface area contributed by atoms with Crippen molar-refractivity contribution in [1.82, 2.24) is 4.37 Å². The summed E-state index contributed by atoms with van der Waals surface area (Å²) in [7, 11) is 0. The van der Waals surface area contributed by atoms with E-state index in [9.17, 15) is 0 Å². The summed E-state index contributed by atoms with van der Waals surface area (Å²) in [6.45, 7) is 2.15. The van der Waals surface area contributed by atoms with Crippen LogP contribution >= 0.6 is 23.1 Å². The summed E-state index contributed by atoms with van der Waals surface area (Å²) in [4.78, 5) is 1.33. The molecule has 0 amide bonds. The van der Waals surface area contributed by atoms with Crippen molar-refractivity contribution in [2.45, 2.75) is 13.3 Å². The molecule has 0 aliphatic carbocycles. The highest BCUT2D eigenvalue weighted by Gasteiger charge is 2.02. The number of rotatable bonds is 3. The largest absolute Gasteiger partial charge is 0.201 e. The van der Waals surface area contributed by atoms with Crippen molar-refractivity contribution in [3.63, 3.8) is 0 Å². The van der Waals surface area contributed by atoms with E-state index in [-0.39, 0.29) is 0 Å². The summed E-state index contributed by atoms with van der Waals surface area (Å²) in [5, 5.41) is 0. The molecule has 0 bridgehead atoms. The molecule has 0 aliphatic heterocycles. The molecule has 1 aromatic rings. The first-order chi connectivity index (χ1) is 4.83. The maximum Gasteiger partial charge on any atom is 0.0409 e. The summed E-state index contributed by atoms with van der Waals surface area (Å²) >= 11 is 7.21. The van der Waals surface area contributed by atoms with Gasteiger partial charge in [0.2, 0.25) is 0 Å². The number of aromatic nitrogens is 1. The van der Waals surface area contributed by atoms with Crippen LogP contribution in [-0.4, -0.2) is 10.3 Å². The summed E-state index contributed by atoms with van der Waals surface area (Å²) in [6, 6.07) is 2.05. The van der Waals surface area contributed by atoms with Gasteiger partial charge in [0.25, 0.3) is 0 Å². The molecular weight excluding hydrogens is 166 g/mol. The third-order valence-corrected chi connectivity index (χ3v) is 2.60. The third-order valence-electron chi connectivity index (χ3n) is 1.30. The highest BCUT2D eigenvalue weighted by Crippen LogP contribution is 2.12. The second kappa shape index (κ2) is 3.94. The van der Waals surface area contributed by atoms with Crippen LogP contribution in [0, 0.1) is 5.92 Å². The Labute approximate surface area is 70.2 Å². The van der Waals surface area contributed by atoms with Gasteiger partial charge in [-0.15, -0.1) is 11.6 Å². The molecule has 0 radical (unpaired) electrons. The smallest absolute Gasteiger partial charge is 0.0409 e. The van der Waals surface area contributed by atoms with Crippen LogP contribution in [0.25, 0.3) is 0 Å². The van der Waals surface area contributed by atoms with Crippen LogP contribution in [0.2, 0.25) is 0 Å². The van der Waals surface area contributed by atoms with Crippen molar-refractivity contribution in [3.05, 3.63) is 17.1 Å². The monoisotopic (exact) mass is 175 g/mol. The molecule has 0 spiro atoms. The molecule has 3 heteroatoms. The average molecular weight is 176 g/mol. The minimum Gasteiger partial charge on any atom is -0.201 e. The Kier molecular flexibility index (Phi) is 3.16. The van der Waals surface area contributed by atoms with Crippen LogP contribution in [0.1, 0.15) is 11.8 Å². The first-order valence-electron chi connectivity index (χ1n) is 3.28. The van der Waals surface area contributed by atoms with Crippen molar-refractivity contribution in [1.29, 1.82) is 0 Å². The molecule has 0 aliphatic rings. The zero-order valence-corrected chi connectivity index (χ0v) is 7.45. The topological polar surface area (TPSA) is 12.9 Å². The van der Waals surface area contributed by atoms with Crippen LogP contribution in [0.3, 0.4) is 0 Å². The minimum absolute atomic E-state index is 0.571. The first kappa shape index (κ1) is 8.02. The zero-order chi connectivity index (χ0) is 7.40. The molecule has 1 nitrogen and oxygen atoms in total. The molecular formula is C7H10ClNS. The SMILES string of the molecule is CC(CCl)Cc1ccns1.